The van der Waals surface area contributed by atoms with Crippen LogP contribution in [0.5, 0.6) is 0 Å². The molecule has 3 aromatic carbocycles. The van der Waals surface area contributed by atoms with E-state index in [1.54, 1.807) is 41.4 Å². The van der Waals surface area contributed by atoms with E-state index in [1.807, 2.05) is 30.3 Å². The molecule has 2 heterocycles. The SMILES string of the molecule is N#Cc1ccc([C@H]2CC(O)(c3cccc(-c4ccc(F)cc4)c3)c3cncn32)c(F)c1. The fourth-order valence-corrected chi connectivity index (χ4v) is 4.35. The van der Waals surface area contributed by atoms with Gasteiger partial charge in [0.15, 0.2) is 0 Å². The van der Waals surface area contributed by atoms with Gasteiger partial charge in [0, 0.05) is 12.0 Å². The van der Waals surface area contributed by atoms with E-state index in [2.05, 4.69) is 4.98 Å². The van der Waals surface area contributed by atoms with Crippen LogP contribution in [-0.4, -0.2) is 14.7 Å². The van der Waals surface area contributed by atoms with E-state index in [0.29, 0.717) is 16.8 Å². The molecule has 0 saturated carbocycles. The highest BCUT2D eigenvalue weighted by Gasteiger charge is 2.45. The first-order chi connectivity index (χ1) is 15.0. The zero-order chi connectivity index (χ0) is 21.6. The van der Waals surface area contributed by atoms with Gasteiger partial charge in [-0.15, -0.1) is 0 Å². The number of hydrogen-bond donors (Lipinski definition) is 1. The summed E-state index contributed by atoms with van der Waals surface area (Å²) >= 11 is 0. The Bertz CT molecular complexity index is 1320. The lowest BCUT2D eigenvalue weighted by Crippen LogP contribution is -2.24. The summed E-state index contributed by atoms with van der Waals surface area (Å²) in [5.74, 6) is -0.807. The Morgan fingerprint density at radius 2 is 1.84 bits per heavy atom. The minimum atomic E-state index is -1.38. The van der Waals surface area contributed by atoms with E-state index >= 15 is 0 Å². The molecule has 0 fully saturated rings. The van der Waals surface area contributed by atoms with Crippen LogP contribution in [0.3, 0.4) is 0 Å². The van der Waals surface area contributed by atoms with Crippen molar-refractivity contribution in [1.29, 1.82) is 5.26 Å². The minimum absolute atomic E-state index is 0.223. The Kier molecular flexibility index (Phi) is 4.42. The fraction of sp³-hybridized carbons (Fsp3) is 0.120. The van der Waals surface area contributed by atoms with Gasteiger partial charge in [0.2, 0.25) is 0 Å². The largest absolute Gasteiger partial charge is 0.379 e. The third kappa shape index (κ3) is 3.11. The molecular formula is C25H17F2N3O. The molecule has 1 aliphatic rings. The van der Waals surface area contributed by atoms with Crippen LogP contribution >= 0.6 is 0 Å². The number of hydrogen-bond acceptors (Lipinski definition) is 3. The van der Waals surface area contributed by atoms with Gasteiger partial charge in [-0.05, 0) is 47.0 Å². The van der Waals surface area contributed by atoms with Crippen molar-refractivity contribution in [3.63, 3.8) is 0 Å². The van der Waals surface area contributed by atoms with Crippen molar-refractivity contribution in [3.8, 4) is 17.2 Å². The number of benzene rings is 3. The normalized spacial score (nSPS) is 19.7. The van der Waals surface area contributed by atoms with Crippen LogP contribution in [0, 0.1) is 23.0 Å². The quantitative estimate of drug-likeness (QED) is 0.518. The van der Waals surface area contributed by atoms with Crippen LogP contribution in [-0.2, 0) is 5.60 Å². The summed E-state index contributed by atoms with van der Waals surface area (Å²) in [6.45, 7) is 0. The Hall–Kier alpha value is -3.82. The Morgan fingerprint density at radius 3 is 2.58 bits per heavy atom. The molecule has 2 atom stereocenters. The van der Waals surface area contributed by atoms with Crippen molar-refractivity contribution in [2.24, 2.45) is 0 Å². The predicted molar refractivity (Wildman–Crippen MR) is 111 cm³/mol. The molecule has 6 heteroatoms. The highest BCUT2D eigenvalue weighted by Crippen LogP contribution is 2.47. The van der Waals surface area contributed by atoms with Gasteiger partial charge in [0.1, 0.15) is 17.2 Å². The molecule has 4 nitrogen and oxygen atoms in total. The summed E-state index contributed by atoms with van der Waals surface area (Å²) in [5, 5.41) is 20.8. The molecule has 5 rings (SSSR count). The summed E-state index contributed by atoms with van der Waals surface area (Å²) in [7, 11) is 0. The lowest BCUT2D eigenvalue weighted by atomic mass is 9.85. The maximum Gasteiger partial charge on any atom is 0.133 e. The van der Waals surface area contributed by atoms with Gasteiger partial charge in [0.05, 0.1) is 35.9 Å². The molecule has 0 spiro atoms. The topological polar surface area (TPSA) is 61.8 Å². The number of fused-ring (bicyclic) bond motifs is 1. The van der Waals surface area contributed by atoms with Crippen LogP contribution in [0.4, 0.5) is 8.78 Å². The standard InChI is InChI=1S/C25H17F2N3O/c26-20-7-5-17(6-8-20)18-2-1-3-19(11-18)25(31)12-23(30-15-29-14-24(25)30)21-9-4-16(13-28)10-22(21)27/h1-11,14-15,23,31H,12H2/t23-,25?/m1/s1. The number of nitriles is 1. The number of aliphatic hydroxyl groups is 1. The number of halogens is 2. The van der Waals surface area contributed by atoms with Gasteiger partial charge in [-0.3, -0.25) is 0 Å². The Balaban J connectivity index is 1.58. The predicted octanol–water partition coefficient (Wildman–Crippen LogP) is 4.93. The second kappa shape index (κ2) is 7.15. The second-order valence-corrected chi connectivity index (χ2v) is 7.70. The number of nitrogens with zero attached hydrogens (tertiary/aromatic N) is 3. The highest BCUT2D eigenvalue weighted by molar-refractivity contribution is 5.65. The molecule has 1 aliphatic heterocycles. The molecule has 0 saturated heterocycles. The minimum Gasteiger partial charge on any atom is -0.379 e. The van der Waals surface area contributed by atoms with Crippen LogP contribution in [0.25, 0.3) is 11.1 Å². The van der Waals surface area contributed by atoms with Gasteiger partial charge < -0.3 is 9.67 Å². The third-order valence-corrected chi connectivity index (χ3v) is 5.92. The third-order valence-electron chi connectivity index (χ3n) is 5.92. The number of aromatic nitrogens is 2. The fourth-order valence-electron chi connectivity index (χ4n) is 4.35. The first-order valence-electron chi connectivity index (χ1n) is 9.80. The summed E-state index contributed by atoms with van der Waals surface area (Å²) in [6, 6.07) is 19.4. The van der Waals surface area contributed by atoms with Crippen molar-refractivity contribution in [1.82, 2.24) is 9.55 Å². The average Bonchev–Trinajstić information content (AvgIpc) is 3.38. The number of rotatable bonds is 3. The maximum atomic E-state index is 14.8. The molecule has 152 valence electrons. The van der Waals surface area contributed by atoms with Crippen molar-refractivity contribution < 1.29 is 13.9 Å². The van der Waals surface area contributed by atoms with Crippen LogP contribution < -0.4 is 0 Å². The van der Waals surface area contributed by atoms with Crippen molar-refractivity contribution >= 4 is 0 Å². The zero-order valence-corrected chi connectivity index (χ0v) is 16.3. The molecule has 0 aliphatic carbocycles. The summed E-state index contributed by atoms with van der Waals surface area (Å²) in [4.78, 5) is 4.18. The van der Waals surface area contributed by atoms with Crippen molar-refractivity contribution in [2.45, 2.75) is 18.1 Å². The maximum absolute atomic E-state index is 14.8. The molecule has 0 bridgehead atoms. The van der Waals surface area contributed by atoms with Crippen LogP contribution in [0.15, 0.2) is 79.3 Å². The smallest absolute Gasteiger partial charge is 0.133 e. The van der Waals surface area contributed by atoms with Crippen LogP contribution in [0.1, 0.15) is 34.8 Å². The molecule has 31 heavy (non-hydrogen) atoms. The van der Waals surface area contributed by atoms with E-state index in [4.69, 9.17) is 5.26 Å². The average molecular weight is 413 g/mol. The Labute approximate surface area is 177 Å². The first-order valence-corrected chi connectivity index (χ1v) is 9.80. The van der Waals surface area contributed by atoms with Crippen LogP contribution in [0.2, 0.25) is 0 Å². The van der Waals surface area contributed by atoms with Gasteiger partial charge in [-0.1, -0.05) is 36.4 Å². The molecule has 1 aromatic heterocycles. The van der Waals surface area contributed by atoms with Gasteiger partial charge >= 0.3 is 0 Å². The summed E-state index contributed by atoms with van der Waals surface area (Å²) in [5.41, 5.74) is 2.14. The molecule has 4 aromatic rings. The van der Waals surface area contributed by atoms with E-state index in [1.165, 1.54) is 18.2 Å². The van der Waals surface area contributed by atoms with Gasteiger partial charge in [-0.25, -0.2) is 13.8 Å². The monoisotopic (exact) mass is 413 g/mol. The molecule has 0 amide bonds. The highest BCUT2D eigenvalue weighted by atomic mass is 19.1. The number of imidazole rings is 1. The van der Waals surface area contributed by atoms with E-state index < -0.39 is 17.5 Å². The molecule has 1 N–H and O–H groups in total. The second-order valence-electron chi connectivity index (χ2n) is 7.70. The van der Waals surface area contributed by atoms with E-state index in [9.17, 15) is 13.9 Å². The summed E-state index contributed by atoms with van der Waals surface area (Å²) in [6.07, 6.45) is 3.39. The lowest BCUT2D eigenvalue weighted by Gasteiger charge is -2.24. The van der Waals surface area contributed by atoms with Crippen molar-refractivity contribution in [2.75, 3.05) is 0 Å². The Morgan fingerprint density at radius 1 is 1.03 bits per heavy atom. The van der Waals surface area contributed by atoms with Gasteiger partial charge in [-0.2, -0.15) is 5.26 Å². The molecular weight excluding hydrogens is 396 g/mol. The summed E-state index contributed by atoms with van der Waals surface area (Å²) < 4.78 is 29.8. The lowest BCUT2D eigenvalue weighted by molar-refractivity contribution is 0.0793. The van der Waals surface area contributed by atoms with Gasteiger partial charge in [0.25, 0.3) is 0 Å². The van der Waals surface area contributed by atoms with E-state index in [0.717, 1.165) is 11.1 Å². The molecule has 0 radical (unpaired) electrons. The van der Waals surface area contributed by atoms with Crippen molar-refractivity contribution in [3.05, 3.63) is 113 Å². The molecule has 1 unspecified atom stereocenters. The first kappa shape index (κ1) is 19.2. The zero-order valence-electron chi connectivity index (χ0n) is 16.3. The van der Waals surface area contributed by atoms with E-state index in [-0.39, 0.29) is 17.8 Å².